The third-order valence-electron chi connectivity index (χ3n) is 2.83. The van der Waals surface area contributed by atoms with Crippen LogP contribution in [0.4, 0.5) is 0 Å². The zero-order chi connectivity index (χ0) is 13.4. The second-order valence-corrected chi connectivity index (χ2v) is 4.87. The Morgan fingerprint density at radius 2 is 2.22 bits per heavy atom. The van der Waals surface area contributed by atoms with E-state index in [1.54, 1.807) is 19.2 Å². The van der Waals surface area contributed by atoms with Crippen LogP contribution in [0, 0.1) is 6.92 Å². The van der Waals surface area contributed by atoms with Crippen molar-refractivity contribution in [3.63, 3.8) is 0 Å². The van der Waals surface area contributed by atoms with Gasteiger partial charge in [0, 0.05) is 0 Å². The van der Waals surface area contributed by atoms with Gasteiger partial charge >= 0.3 is 11.7 Å². The second-order valence-electron chi connectivity index (χ2n) is 3.99. The summed E-state index contributed by atoms with van der Waals surface area (Å²) in [5, 5.41) is 11.2. The van der Waals surface area contributed by atoms with Crippen LogP contribution in [0.25, 0.3) is 10.2 Å². The molecule has 0 aromatic carbocycles. The lowest BCUT2D eigenvalue weighted by Crippen LogP contribution is -2.40. The Morgan fingerprint density at radius 3 is 2.78 bits per heavy atom. The average molecular weight is 268 g/mol. The molecule has 0 bridgehead atoms. The summed E-state index contributed by atoms with van der Waals surface area (Å²) < 4.78 is 0.782. The van der Waals surface area contributed by atoms with Crippen molar-refractivity contribution < 1.29 is 9.90 Å². The van der Waals surface area contributed by atoms with E-state index in [-0.39, 0.29) is 6.42 Å². The van der Waals surface area contributed by atoms with Crippen LogP contribution in [0.5, 0.6) is 0 Å². The van der Waals surface area contributed by atoms with Gasteiger partial charge in [-0.1, -0.05) is 6.92 Å². The maximum Gasteiger partial charge on any atom is 0.330 e. The summed E-state index contributed by atoms with van der Waals surface area (Å²) >= 11 is 1.26. The van der Waals surface area contributed by atoms with Crippen molar-refractivity contribution in [2.24, 2.45) is 0 Å². The summed E-state index contributed by atoms with van der Waals surface area (Å²) in [6, 6.07) is -1.13. The summed E-state index contributed by atoms with van der Waals surface area (Å²) in [4.78, 5) is 38.2. The third-order valence-corrected chi connectivity index (χ3v) is 3.84. The number of thiophene rings is 1. The number of H-pyrrole nitrogens is 1. The fraction of sp³-hybridized carbons (Fsp3) is 0.364. The molecule has 0 saturated heterocycles. The Labute approximate surface area is 106 Å². The molecule has 0 radical (unpaired) electrons. The third kappa shape index (κ3) is 1.76. The number of hydrogen-bond acceptors (Lipinski definition) is 4. The summed E-state index contributed by atoms with van der Waals surface area (Å²) in [5.41, 5.74) is -0.476. The molecule has 0 spiro atoms. The van der Waals surface area contributed by atoms with Crippen LogP contribution in [-0.2, 0) is 4.79 Å². The summed E-state index contributed by atoms with van der Waals surface area (Å²) in [6.07, 6.45) is 0.174. The monoisotopic (exact) mass is 268 g/mol. The number of carboxylic acids is 1. The first kappa shape index (κ1) is 12.6. The van der Waals surface area contributed by atoms with Crippen LogP contribution in [-0.4, -0.2) is 20.6 Å². The van der Waals surface area contributed by atoms with Gasteiger partial charge in [-0.2, -0.15) is 0 Å². The molecular weight excluding hydrogens is 256 g/mol. The van der Waals surface area contributed by atoms with Gasteiger partial charge in [0.25, 0.3) is 5.56 Å². The van der Waals surface area contributed by atoms with Gasteiger partial charge in [0.1, 0.15) is 10.9 Å². The molecule has 0 aliphatic rings. The number of aryl methyl sites for hydroxylation is 1. The van der Waals surface area contributed by atoms with E-state index in [2.05, 4.69) is 4.98 Å². The molecule has 2 aromatic heterocycles. The Bertz CT molecular complexity index is 725. The van der Waals surface area contributed by atoms with Crippen molar-refractivity contribution in [1.82, 2.24) is 9.55 Å². The van der Waals surface area contributed by atoms with E-state index in [9.17, 15) is 14.4 Å². The molecule has 18 heavy (non-hydrogen) atoms. The highest BCUT2D eigenvalue weighted by atomic mass is 32.1. The Kier molecular flexibility index (Phi) is 3.08. The van der Waals surface area contributed by atoms with Gasteiger partial charge in [-0.25, -0.2) is 14.2 Å². The van der Waals surface area contributed by atoms with Crippen LogP contribution >= 0.6 is 11.3 Å². The summed E-state index contributed by atoms with van der Waals surface area (Å²) in [5.74, 6) is -1.18. The maximum absolute atomic E-state index is 12.2. The predicted molar refractivity (Wildman–Crippen MR) is 68.4 cm³/mol. The number of rotatable bonds is 3. The molecule has 0 saturated carbocycles. The molecule has 2 N–H and O–H groups in total. The molecule has 2 rings (SSSR count). The van der Waals surface area contributed by atoms with Crippen molar-refractivity contribution in [3.05, 3.63) is 31.8 Å². The van der Waals surface area contributed by atoms with E-state index in [1.807, 2.05) is 0 Å². The number of hydrogen-bond donors (Lipinski definition) is 2. The molecule has 0 amide bonds. The molecule has 2 aromatic rings. The molecule has 7 heteroatoms. The molecular formula is C11H12N2O4S. The van der Waals surface area contributed by atoms with Crippen LogP contribution < -0.4 is 11.2 Å². The van der Waals surface area contributed by atoms with Gasteiger partial charge in [0.15, 0.2) is 0 Å². The van der Waals surface area contributed by atoms with Crippen molar-refractivity contribution in [2.75, 3.05) is 0 Å². The number of fused-ring (bicyclic) bond motifs is 1. The highest BCUT2D eigenvalue weighted by Crippen LogP contribution is 2.19. The minimum absolute atomic E-state index is 0.174. The number of aliphatic carboxylic acids is 1. The van der Waals surface area contributed by atoms with Crippen LogP contribution in [0.1, 0.15) is 24.9 Å². The van der Waals surface area contributed by atoms with Gasteiger partial charge in [0.2, 0.25) is 0 Å². The van der Waals surface area contributed by atoms with E-state index in [1.165, 1.54) is 11.3 Å². The van der Waals surface area contributed by atoms with Crippen molar-refractivity contribution >= 4 is 27.5 Å². The maximum atomic E-state index is 12.2. The zero-order valence-electron chi connectivity index (χ0n) is 9.89. The largest absolute Gasteiger partial charge is 0.480 e. The Hall–Kier alpha value is -1.89. The van der Waals surface area contributed by atoms with Gasteiger partial charge in [-0.15, -0.1) is 11.3 Å². The number of carbonyl (C=O) groups is 1. The second kappa shape index (κ2) is 4.41. The lowest BCUT2D eigenvalue weighted by atomic mass is 10.2. The van der Waals surface area contributed by atoms with E-state index in [4.69, 9.17) is 5.11 Å². The van der Waals surface area contributed by atoms with Crippen LogP contribution in [0.15, 0.2) is 15.0 Å². The van der Waals surface area contributed by atoms with Gasteiger partial charge in [-0.3, -0.25) is 9.78 Å². The SMILES string of the molecule is CCC(C(=O)O)n1c(=O)[nH]c2scc(C)c2c1=O. The molecule has 0 aliphatic heterocycles. The van der Waals surface area contributed by atoms with Crippen LogP contribution in [0.3, 0.4) is 0 Å². The number of nitrogens with zero attached hydrogens (tertiary/aromatic N) is 1. The number of aromatic amines is 1. The molecule has 2 heterocycles. The lowest BCUT2D eigenvalue weighted by Gasteiger charge is -2.12. The first-order chi connectivity index (χ1) is 8.47. The zero-order valence-corrected chi connectivity index (χ0v) is 10.7. The van der Waals surface area contributed by atoms with Gasteiger partial charge in [-0.05, 0) is 24.3 Å². The standard InChI is InChI=1S/C11H12N2O4S/c1-3-6(10(15)16)13-9(14)7-5(2)4-18-8(7)12-11(13)17/h4,6H,3H2,1-2H3,(H,12,17)(H,15,16). The lowest BCUT2D eigenvalue weighted by molar-refractivity contribution is -0.141. The average Bonchev–Trinajstić information content (AvgIpc) is 2.65. The highest BCUT2D eigenvalue weighted by Gasteiger charge is 2.23. The van der Waals surface area contributed by atoms with E-state index < -0.39 is 23.3 Å². The van der Waals surface area contributed by atoms with Crippen molar-refractivity contribution in [2.45, 2.75) is 26.3 Å². The van der Waals surface area contributed by atoms with Crippen molar-refractivity contribution in [3.8, 4) is 0 Å². The number of carboxylic acid groups (broad SMARTS) is 1. The smallest absolute Gasteiger partial charge is 0.330 e. The van der Waals surface area contributed by atoms with Gasteiger partial charge < -0.3 is 5.11 Å². The van der Waals surface area contributed by atoms with E-state index >= 15 is 0 Å². The quantitative estimate of drug-likeness (QED) is 0.871. The molecule has 96 valence electrons. The molecule has 0 aliphatic carbocycles. The Balaban J connectivity index is 2.86. The minimum atomic E-state index is -1.18. The minimum Gasteiger partial charge on any atom is -0.480 e. The fourth-order valence-electron chi connectivity index (χ4n) is 1.92. The Morgan fingerprint density at radius 1 is 1.56 bits per heavy atom. The fourth-order valence-corrected chi connectivity index (χ4v) is 2.85. The summed E-state index contributed by atoms with van der Waals surface area (Å²) in [7, 11) is 0. The topological polar surface area (TPSA) is 92.2 Å². The molecule has 6 nitrogen and oxygen atoms in total. The predicted octanol–water partition coefficient (Wildman–Crippen LogP) is 1.10. The number of nitrogens with one attached hydrogen (secondary N) is 1. The number of aromatic nitrogens is 2. The normalized spacial score (nSPS) is 12.8. The molecule has 1 unspecified atom stereocenters. The first-order valence-electron chi connectivity index (χ1n) is 5.42. The van der Waals surface area contributed by atoms with E-state index in [0.29, 0.717) is 10.2 Å². The van der Waals surface area contributed by atoms with Crippen LogP contribution in [0.2, 0.25) is 0 Å². The summed E-state index contributed by atoms with van der Waals surface area (Å²) in [6.45, 7) is 3.37. The first-order valence-corrected chi connectivity index (χ1v) is 6.30. The highest BCUT2D eigenvalue weighted by molar-refractivity contribution is 7.16. The van der Waals surface area contributed by atoms with Gasteiger partial charge in [0.05, 0.1) is 5.39 Å². The van der Waals surface area contributed by atoms with Crippen molar-refractivity contribution in [1.29, 1.82) is 0 Å². The molecule has 1 atom stereocenters. The molecule has 0 fully saturated rings. The van der Waals surface area contributed by atoms with E-state index in [0.717, 1.165) is 10.1 Å².